The van der Waals surface area contributed by atoms with E-state index in [1.54, 1.807) is 9.80 Å². The maximum atomic E-state index is 13.2. The van der Waals surface area contributed by atoms with Gasteiger partial charge >= 0.3 is 0 Å². The minimum Gasteiger partial charge on any atom is -0.378 e. The number of carbonyl (C=O) groups excluding carboxylic acids is 2. The number of amides is 2. The first kappa shape index (κ1) is 21.5. The number of nitrogens with zero attached hydrogens (tertiary/aromatic N) is 3. The molecular formula is C27H29N3O3. The molecule has 0 N–H and O–H groups in total. The van der Waals surface area contributed by atoms with Crippen LogP contribution in [0.15, 0.2) is 66.7 Å². The van der Waals surface area contributed by atoms with Crippen molar-refractivity contribution < 1.29 is 14.3 Å². The Kier molecular flexibility index (Phi) is 6.01. The Balaban J connectivity index is 1.24. The third-order valence-electron chi connectivity index (χ3n) is 6.64. The maximum absolute atomic E-state index is 13.2. The van der Waals surface area contributed by atoms with E-state index < -0.39 is 0 Å². The zero-order valence-corrected chi connectivity index (χ0v) is 18.9. The molecular weight excluding hydrogens is 414 g/mol. The zero-order chi connectivity index (χ0) is 22.8. The Morgan fingerprint density at radius 2 is 1.73 bits per heavy atom. The van der Waals surface area contributed by atoms with E-state index >= 15 is 0 Å². The van der Waals surface area contributed by atoms with Crippen molar-refractivity contribution in [2.75, 3.05) is 49.7 Å². The van der Waals surface area contributed by atoms with Gasteiger partial charge in [0.25, 0.3) is 0 Å². The Bertz CT molecular complexity index is 1150. The van der Waals surface area contributed by atoms with Crippen LogP contribution in [-0.4, -0.2) is 56.6 Å². The number of morpholine rings is 1. The number of hydrogen-bond acceptors (Lipinski definition) is 4. The molecule has 2 fully saturated rings. The van der Waals surface area contributed by atoms with Gasteiger partial charge in [0.2, 0.25) is 11.8 Å². The molecule has 0 aromatic heterocycles. The van der Waals surface area contributed by atoms with Gasteiger partial charge in [-0.3, -0.25) is 9.59 Å². The second-order valence-electron chi connectivity index (χ2n) is 8.86. The fourth-order valence-electron chi connectivity index (χ4n) is 4.85. The van der Waals surface area contributed by atoms with E-state index in [1.165, 1.54) is 5.69 Å². The zero-order valence-electron chi connectivity index (χ0n) is 18.9. The lowest BCUT2D eigenvalue weighted by atomic mass is 10.1. The molecule has 0 radical (unpaired) electrons. The summed E-state index contributed by atoms with van der Waals surface area (Å²) in [6.07, 6.45) is 0.252. The number of carbonyl (C=O) groups is 2. The summed E-state index contributed by atoms with van der Waals surface area (Å²) in [6, 6.07) is 22.4. The van der Waals surface area contributed by atoms with Gasteiger partial charge in [0.15, 0.2) is 0 Å². The summed E-state index contributed by atoms with van der Waals surface area (Å²) in [7, 11) is 1.82. The van der Waals surface area contributed by atoms with Crippen LogP contribution in [0, 0.1) is 5.92 Å². The van der Waals surface area contributed by atoms with Crippen molar-refractivity contribution in [3.8, 4) is 0 Å². The highest BCUT2D eigenvalue weighted by Crippen LogP contribution is 2.32. The molecule has 2 heterocycles. The molecule has 6 heteroatoms. The lowest BCUT2D eigenvalue weighted by molar-refractivity contribution is -0.135. The molecule has 170 valence electrons. The van der Waals surface area contributed by atoms with Crippen LogP contribution in [0.5, 0.6) is 0 Å². The van der Waals surface area contributed by atoms with Crippen molar-refractivity contribution in [3.05, 3.63) is 72.3 Å². The molecule has 2 aliphatic heterocycles. The van der Waals surface area contributed by atoms with Crippen LogP contribution in [0.4, 0.5) is 11.4 Å². The molecule has 0 bridgehead atoms. The third-order valence-corrected chi connectivity index (χ3v) is 6.64. The number of rotatable bonds is 5. The lowest BCUT2D eigenvalue weighted by Gasteiger charge is -2.29. The van der Waals surface area contributed by atoms with Crippen LogP contribution in [0.25, 0.3) is 10.8 Å². The van der Waals surface area contributed by atoms with Crippen molar-refractivity contribution in [2.45, 2.75) is 13.0 Å². The first-order valence-corrected chi connectivity index (χ1v) is 11.5. The highest BCUT2D eigenvalue weighted by Gasteiger charge is 2.37. The standard InChI is InChI=1S/C27H29N3O3/c1-28(18-20-9-11-23(12-10-20)29-13-15-33-16-14-29)27(32)22-17-26(31)30(19-22)25-8-4-6-21-5-2-3-7-24(21)25/h2-12,22H,13-19H2,1H3/t22-/m1/s1. The van der Waals surface area contributed by atoms with Gasteiger partial charge in [0.1, 0.15) is 0 Å². The van der Waals surface area contributed by atoms with E-state index in [9.17, 15) is 9.59 Å². The quantitative estimate of drug-likeness (QED) is 0.604. The molecule has 0 aliphatic carbocycles. The van der Waals surface area contributed by atoms with E-state index in [1.807, 2.05) is 49.5 Å². The van der Waals surface area contributed by atoms with Crippen molar-refractivity contribution in [1.82, 2.24) is 4.90 Å². The van der Waals surface area contributed by atoms with Gasteiger partial charge in [-0.05, 0) is 29.1 Å². The number of ether oxygens (including phenoxy) is 1. The van der Waals surface area contributed by atoms with Crippen LogP contribution in [0.1, 0.15) is 12.0 Å². The lowest BCUT2D eigenvalue weighted by Crippen LogP contribution is -2.36. The molecule has 2 saturated heterocycles. The summed E-state index contributed by atoms with van der Waals surface area (Å²) in [4.78, 5) is 31.9. The predicted molar refractivity (Wildman–Crippen MR) is 130 cm³/mol. The molecule has 33 heavy (non-hydrogen) atoms. The molecule has 3 aromatic rings. The highest BCUT2D eigenvalue weighted by molar-refractivity contribution is 6.06. The van der Waals surface area contributed by atoms with Gasteiger partial charge < -0.3 is 19.4 Å². The summed E-state index contributed by atoms with van der Waals surface area (Å²) < 4.78 is 5.42. The van der Waals surface area contributed by atoms with Crippen molar-refractivity contribution in [1.29, 1.82) is 0 Å². The molecule has 0 saturated carbocycles. The largest absolute Gasteiger partial charge is 0.378 e. The summed E-state index contributed by atoms with van der Waals surface area (Å²) in [5, 5.41) is 2.13. The molecule has 1 atom stereocenters. The predicted octanol–water partition coefficient (Wildman–Crippen LogP) is 3.69. The normalized spacial score (nSPS) is 18.7. The molecule has 6 nitrogen and oxygen atoms in total. The second kappa shape index (κ2) is 9.24. The first-order valence-electron chi connectivity index (χ1n) is 11.5. The smallest absolute Gasteiger partial charge is 0.228 e. The molecule has 2 aliphatic rings. The molecule has 0 spiro atoms. The fraction of sp³-hybridized carbons (Fsp3) is 0.333. The molecule has 3 aromatic carbocycles. The molecule has 5 rings (SSSR count). The highest BCUT2D eigenvalue weighted by atomic mass is 16.5. The van der Waals surface area contributed by atoms with Gasteiger partial charge in [0.05, 0.1) is 24.8 Å². The van der Waals surface area contributed by atoms with Gasteiger partial charge in [-0.15, -0.1) is 0 Å². The Morgan fingerprint density at radius 3 is 2.52 bits per heavy atom. The van der Waals surface area contributed by atoms with Crippen molar-refractivity contribution in [2.24, 2.45) is 5.92 Å². The molecule has 2 amide bonds. The van der Waals surface area contributed by atoms with Crippen molar-refractivity contribution in [3.63, 3.8) is 0 Å². The maximum Gasteiger partial charge on any atom is 0.228 e. The minimum atomic E-state index is -0.325. The average molecular weight is 444 g/mol. The van der Waals surface area contributed by atoms with Gasteiger partial charge in [-0.25, -0.2) is 0 Å². The summed E-state index contributed by atoms with van der Waals surface area (Å²) in [5.41, 5.74) is 3.15. The van der Waals surface area contributed by atoms with E-state index in [0.717, 1.165) is 48.3 Å². The van der Waals surface area contributed by atoms with E-state index in [0.29, 0.717) is 13.1 Å². The van der Waals surface area contributed by atoms with Gasteiger partial charge in [0, 0.05) is 50.7 Å². The summed E-state index contributed by atoms with van der Waals surface area (Å²) in [5.74, 6) is -0.301. The Hall–Kier alpha value is -3.38. The summed E-state index contributed by atoms with van der Waals surface area (Å²) >= 11 is 0. The first-order chi connectivity index (χ1) is 16.1. The van der Waals surface area contributed by atoms with Crippen LogP contribution in [0.3, 0.4) is 0 Å². The SMILES string of the molecule is CN(Cc1ccc(N2CCOCC2)cc1)C(=O)[C@@H]1CC(=O)N(c2cccc3ccccc23)C1. The van der Waals surface area contributed by atoms with Crippen LogP contribution in [0.2, 0.25) is 0 Å². The van der Waals surface area contributed by atoms with Crippen LogP contribution in [-0.2, 0) is 20.9 Å². The third kappa shape index (κ3) is 4.44. The Morgan fingerprint density at radius 1 is 1.00 bits per heavy atom. The topological polar surface area (TPSA) is 53.1 Å². The fourth-order valence-corrected chi connectivity index (χ4v) is 4.85. The van der Waals surface area contributed by atoms with Crippen molar-refractivity contribution >= 4 is 34.0 Å². The van der Waals surface area contributed by atoms with Gasteiger partial charge in [-0.1, -0.05) is 48.5 Å². The average Bonchev–Trinajstić information content (AvgIpc) is 3.25. The number of anilines is 2. The van der Waals surface area contributed by atoms with E-state index in [-0.39, 0.29) is 24.2 Å². The number of benzene rings is 3. The van der Waals surface area contributed by atoms with Gasteiger partial charge in [-0.2, -0.15) is 0 Å². The minimum absolute atomic E-state index is 0.00738. The van der Waals surface area contributed by atoms with Crippen LogP contribution < -0.4 is 9.80 Å². The Labute approximate surface area is 194 Å². The number of hydrogen-bond donors (Lipinski definition) is 0. The summed E-state index contributed by atoms with van der Waals surface area (Å²) in [6.45, 7) is 4.28. The number of fused-ring (bicyclic) bond motifs is 1. The van der Waals surface area contributed by atoms with E-state index in [4.69, 9.17) is 4.74 Å². The van der Waals surface area contributed by atoms with E-state index in [2.05, 4.69) is 29.2 Å². The monoisotopic (exact) mass is 443 g/mol. The van der Waals surface area contributed by atoms with Crippen LogP contribution >= 0.6 is 0 Å². The second-order valence-corrected chi connectivity index (χ2v) is 8.86. The molecule has 0 unspecified atom stereocenters.